The minimum atomic E-state index is 0.971. The van der Waals surface area contributed by atoms with Gasteiger partial charge < -0.3 is 9.80 Å². The molecule has 7 aromatic rings. The predicted octanol–water partition coefficient (Wildman–Crippen LogP) is 10.8. The lowest BCUT2D eigenvalue weighted by Crippen LogP contribution is -2.27. The van der Waals surface area contributed by atoms with Gasteiger partial charge in [0.1, 0.15) is 0 Å². The monoisotopic (exact) mass is 616 g/mol. The molecule has 0 fully saturated rings. The number of halogens is 1. The molecule has 7 aromatic carbocycles. The van der Waals surface area contributed by atoms with Crippen molar-refractivity contribution in [2.75, 3.05) is 9.80 Å². The first-order valence-corrected chi connectivity index (χ1v) is 15.6. The van der Waals surface area contributed by atoms with Crippen molar-refractivity contribution in [1.29, 1.82) is 0 Å². The highest BCUT2D eigenvalue weighted by atomic mass is 79.9. The van der Waals surface area contributed by atoms with Crippen LogP contribution >= 0.6 is 15.9 Å². The van der Waals surface area contributed by atoms with Gasteiger partial charge in [-0.05, 0) is 101 Å². The summed E-state index contributed by atoms with van der Waals surface area (Å²) in [6, 6.07) is 54.7. The molecule has 206 valence electrons. The molecule has 8 rings (SSSR count). The molecule has 0 radical (unpaired) electrons. The standard InChI is InChI=1S/C40H29BrN2/c41-30-20-22-34(23-21-30)43(33-14-8-3-9-15-33)38-27-19-29-16-24-35-37(26-18-28-17-25-36(38)40(29)39(28)35)42(31-10-4-1-5-11-31)32-12-6-2-7-13-32/h1-18,20-26H,19,27H2. The number of benzene rings is 7. The number of aryl methyl sites for hydroxylation is 1. The molecule has 0 bridgehead atoms. The van der Waals surface area contributed by atoms with Crippen LogP contribution in [0.3, 0.4) is 0 Å². The molecule has 0 N–H and O–H groups in total. The van der Waals surface area contributed by atoms with E-state index in [1.165, 1.54) is 55.1 Å². The van der Waals surface area contributed by atoms with E-state index in [0.29, 0.717) is 0 Å². The van der Waals surface area contributed by atoms with Gasteiger partial charge in [0.05, 0.1) is 5.69 Å². The van der Waals surface area contributed by atoms with Crippen LogP contribution in [0.1, 0.15) is 12.0 Å². The van der Waals surface area contributed by atoms with E-state index in [1.54, 1.807) is 0 Å². The van der Waals surface area contributed by atoms with Gasteiger partial charge in [-0.2, -0.15) is 0 Å². The van der Waals surface area contributed by atoms with Crippen molar-refractivity contribution < 1.29 is 0 Å². The van der Waals surface area contributed by atoms with Crippen LogP contribution < -0.4 is 15.0 Å². The minimum Gasteiger partial charge on any atom is -0.314 e. The highest BCUT2D eigenvalue weighted by Crippen LogP contribution is 2.43. The van der Waals surface area contributed by atoms with E-state index in [4.69, 9.17) is 0 Å². The summed E-state index contributed by atoms with van der Waals surface area (Å²) in [7, 11) is 0. The molecule has 43 heavy (non-hydrogen) atoms. The van der Waals surface area contributed by atoms with Crippen molar-refractivity contribution in [3.05, 3.63) is 167 Å². The van der Waals surface area contributed by atoms with Gasteiger partial charge in [0, 0.05) is 43.5 Å². The number of para-hydroxylation sites is 3. The lowest BCUT2D eigenvalue weighted by atomic mass is 9.87. The predicted molar refractivity (Wildman–Crippen MR) is 186 cm³/mol. The van der Waals surface area contributed by atoms with E-state index in [0.717, 1.165) is 28.7 Å². The summed E-state index contributed by atoms with van der Waals surface area (Å²) >= 11 is 3.63. The fourth-order valence-electron chi connectivity index (χ4n) is 6.68. The van der Waals surface area contributed by atoms with Gasteiger partial charge in [0.25, 0.3) is 0 Å². The van der Waals surface area contributed by atoms with Crippen molar-refractivity contribution >= 4 is 71.6 Å². The number of hydrogen-bond acceptors (Lipinski definition) is 2. The first-order chi connectivity index (χ1) is 21.3. The first-order valence-electron chi connectivity index (χ1n) is 14.8. The second-order valence-electron chi connectivity index (χ2n) is 11.0. The number of rotatable bonds is 6. The van der Waals surface area contributed by atoms with E-state index in [1.807, 2.05) is 0 Å². The van der Waals surface area contributed by atoms with Gasteiger partial charge in [-0.3, -0.25) is 0 Å². The highest BCUT2D eigenvalue weighted by Gasteiger charge is 2.24. The van der Waals surface area contributed by atoms with Gasteiger partial charge in [-0.25, -0.2) is 0 Å². The molecule has 0 aromatic heterocycles. The average molecular weight is 618 g/mol. The summed E-state index contributed by atoms with van der Waals surface area (Å²) in [5.74, 6) is 0. The van der Waals surface area contributed by atoms with Crippen molar-refractivity contribution in [2.45, 2.75) is 12.8 Å². The van der Waals surface area contributed by atoms with E-state index >= 15 is 0 Å². The fraction of sp³-hybridized carbons (Fsp3) is 0.0500. The highest BCUT2D eigenvalue weighted by molar-refractivity contribution is 9.10. The van der Waals surface area contributed by atoms with Gasteiger partial charge >= 0.3 is 0 Å². The Hall–Kier alpha value is -4.86. The molecule has 3 heteroatoms. The fourth-order valence-corrected chi connectivity index (χ4v) is 6.94. The third-order valence-corrected chi connectivity index (χ3v) is 9.09. The van der Waals surface area contributed by atoms with Crippen LogP contribution in [0.2, 0.25) is 0 Å². The van der Waals surface area contributed by atoms with Crippen LogP contribution in [-0.4, -0.2) is 0 Å². The molecular weight excluding hydrogens is 588 g/mol. The second kappa shape index (κ2) is 10.8. The molecule has 1 aliphatic carbocycles. The smallest absolute Gasteiger partial charge is 0.0540 e. The van der Waals surface area contributed by atoms with E-state index in [-0.39, 0.29) is 0 Å². The number of nitrogens with zero attached hydrogens (tertiary/aromatic N) is 2. The molecule has 0 saturated carbocycles. The van der Waals surface area contributed by atoms with Crippen molar-refractivity contribution in [2.24, 2.45) is 0 Å². The normalized spacial score (nSPS) is 12.5. The molecule has 0 heterocycles. The van der Waals surface area contributed by atoms with Crippen molar-refractivity contribution in [3.63, 3.8) is 0 Å². The summed E-state index contributed by atoms with van der Waals surface area (Å²) < 4.78 is 1.08. The molecule has 0 aliphatic heterocycles. The van der Waals surface area contributed by atoms with E-state index in [2.05, 4.69) is 177 Å². The largest absolute Gasteiger partial charge is 0.314 e. The summed E-state index contributed by atoms with van der Waals surface area (Å²) in [6.07, 6.45) is 1.97. The van der Waals surface area contributed by atoms with E-state index < -0.39 is 0 Å². The van der Waals surface area contributed by atoms with Gasteiger partial charge in [0.15, 0.2) is 0 Å². The maximum absolute atomic E-state index is 3.63. The molecule has 0 atom stereocenters. The average Bonchev–Trinajstić information content (AvgIpc) is 3.07. The zero-order valence-electron chi connectivity index (χ0n) is 23.6. The Morgan fingerprint density at radius 1 is 0.442 bits per heavy atom. The second-order valence-corrected chi connectivity index (χ2v) is 12.0. The molecule has 0 spiro atoms. The maximum Gasteiger partial charge on any atom is 0.0540 e. The Labute approximate surface area is 260 Å². The molecule has 0 saturated heterocycles. The van der Waals surface area contributed by atoms with Crippen LogP contribution in [0.15, 0.2) is 156 Å². The quantitative estimate of drug-likeness (QED) is 0.183. The van der Waals surface area contributed by atoms with E-state index in [9.17, 15) is 0 Å². The third-order valence-electron chi connectivity index (χ3n) is 8.56. The van der Waals surface area contributed by atoms with Crippen LogP contribution in [0, 0.1) is 0 Å². The van der Waals surface area contributed by atoms with Crippen LogP contribution in [-0.2, 0) is 6.42 Å². The Morgan fingerprint density at radius 3 is 1.63 bits per heavy atom. The SMILES string of the molecule is Brc1ccc(N(C2=c3ccc4ccc(N(c5ccccc5)c5ccccc5)c5ccc(c3c45)CC2)c2ccccc2)cc1. The van der Waals surface area contributed by atoms with Crippen LogP contribution in [0.4, 0.5) is 28.4 Å². The van der Waals surface area contributed by atoms with Crippen molar-refractivity contribution in [1.82, 2.24) is 0 Å². The van der Waals surface area contributed by atoms with Gasteiger partial charge in [-0.15, -0.1) is 0 Å². The summed E-state index contributed by atoms with van der Waals surface area (Å²) in [4.78, 5) is 4.83. The molecule has 0 unspecified atom stereocenters. The summed E-state index contributed by atoms with van der Waals surface area (Å²) in [6.45, 7) is 0. The van der Waals surface area contributed by atoms with Crippen LogP contribution in [0.25, 0.3) is 27.2 Å². The lowest BCUT2D eigenvalue weighted by Gasteiger charge is -2.32. The number of hydrogen-bond donors (Lipinski definition) is 0. The number of anilines is 5. The van der Waals surface area contributed by atoms with Gasteiger partial charge in [-0.1, -0.05) is 101 Å². The minimum absolute atomic E-state index is 0.971. The van der Waals surface area contributed by atoms with Crippen LogP contribution in [0.5, 0.6) is 0 Å². The third kappa shape index (κ3) is 4.48. The Balaban J connectivity index is 1.42. The topological polar surface area (TPSA) is 6.48 Å². The first kappa shape index (κ1) is 25.8. The zero-order chi connectivity index (χ0) is 28.8. The summed E-state index contributed by atoms with van der Waals surface area (Å²) in [5, 5.41) is 6.57. The maximum atomic E-state index is 3.63. The summed E-state index contributed by atoms with van der Waals surface area (Å²) in [5.41, 5.74) is 8.58. The Kier molecular flexibility index (Phi) is 6.46. The van der Waals surface area contributed by atoms with Crippen molar-refractivity contribution in [3.8, 4) is 0 Å². The molecule has 1 aliphatic rings. The zero-order valence-corrected chi connectivity index (χ0v) is 25.2. The molecular formula is C40H29BrN2. The molecule has 0 amide bonds. The Bertz CT molecular complexity index is 2080. The Morgan fingerprint density at radius 2 is 1.00 bits per heavy atom. The van der Waals surface area contributed by atoms with Gasteiger partial charge in [0.2, 0.25) is 0 Å². The molecule has 2 nitrogen and oxygen atoms in total. The lowest BCUT2D eigenvalue weighted by molar-refractivity contribution is 0.973.